The summed E-state index contributed by atoms with van der Waals surface area (Å²) in [6.45, 7) is 3.63. The second-order valence-electron chi connectivity index (χ2n) is 5.84. The minimum Gasteiger partial charge on any atom is -0.479 e. The van der Waals surface area contributed by atoms with Gasteiger partial charge in [-0.05, 0) is 48.6 Å². The summed E-state index contributed by atoms with van der Waals surface area (Å²) in [6, 6.07) is 13.2. The summed E-state index contributed by atoms with van der Waals surface area (Å²) in [5.41, 5.74) is 2.92. The highest BCUT2D eigenvalue weighted by Gasteiger charge is 2.16. The van der Waals surface area contributed by atoms with Crippen molar-refractivity contribution in [3.63, 3.8) is 0 Å². The molecule has 1 heterocycles. The fourth-order valence-electron chi connectivity index (χ4n) is 2.83. The number of ether oxygens (including phenoxy) is 2. The van der Waals surface area contributed by atoms with Gasteiger partial charge in [-0.2, -0.15) is 0 Å². The van der Waals surface area contributed by atoms with Gasteiger partial charge in [0.25, 0.3) is 5.56 Å². The van der Waals surface area contributed by atoms with Gasteiger partial charge in [-0.3, -0.25) is 4.79 Å². The molecule has 1 aromatic heterocycles. The van der Waals surface area contributed by atoms with Crippen LogP contribution in [0.15, 0.2) is 53.5 Å². The number of benzene rings is 2. The minimum absolute atomic E-state index is 0.205. The molecule has 2 aromatic carbocycles. The van der Waals surface area contributed by atoms with Crippen LogP contribution in [0.1, 0.15) is 12.5 Å². The third-order valence-electron chi connectivity index (χ3n) is 4.15. The van der Waals surface area contributed by atoms with E-state index in [2.05, 4.69) is 9.72 Å². The van der Waals surface area contributed by atoms with E-state index in [1.54, 1.807) is 25.3 Å². The maximum atomic E-state index is 12.3. The average molecular weight is 337 g/mol. The van der Waals surface area contributed by atoms with Crippen LogP contribution in [0.25, 0.3) is 21.9 Å². The Bertz CT molecular complexity index is 990. The smallest absolute Gasteiger partial charge is 0.346 e. The number of carbonyl (C=O) groups excluding carboxylic acids is 1. The van der Waals surface area contributed by atoms with Gasteiger partial charge in [0.1, 0.15) is 5.75 Å². The first-order chi connectivity index (χ1) is 12.0. The number of carbonyl (C=O) groups is 1. The number of esters is 1. The van der Waals surface area contributed by atoms with Crippen molar-refractivity contribution < 1.29 is 14.3 Å². The number of pyridine rings is 1. The monoisotopic (exact) mass is 337 g/mol. The topological polar surface area (TPSA) is 68.4 Å². The number of aromatic nitrogens is 1. The van der Waals surface area contributed by atoms with Gasteiger partial charge in [-0.1, -0.05) is 24.3 Å². The summed E-state index contributed by atoms with van der Waals surface area (Å²) in [5.74, 6) is -0.0273. The number of nitrogens with one attached hydrogen (secondary N) is 1. The zero-order valence-electron chi connectivity index (χ0n) is 14.3. The van der Waals surface area contributed by atoms with E-state index in [1.165, 1.54) is 7.11 Å². The molecule has 128 valence electrons. The molecule has 0 fully saturated rings. The number of hydrogen-bond donors (Lipinski definition) is 1. The molecule has 0 aliphatic carbocycles. The number of aromatic amines is 1. The van der Waals surface area contributed by atoms with E-state index in [9.17, 15) is 9.59 Å². The van der Waals surface area contributed by atoms with Crippen LogP contribution in [0, 0.1) is 6.92 Å². The number of fused-ring (bicyclic) bond motifs is 1. The Morgan fingerprint density at radius 2 is 1.84 bits per heavy atom. The van der Waals surface area contributed by atoms with Crippen LogP contribution in [0.5, 0.6) is 5.75 Å². The van der Waals surface area contributed by atoms with E-state index in [4.69, 9.17) is 4.74 Å². The molecule has 0 saturated carbocycles. The first-order valence-electron chi connectivity index (χ1n) is 7.97. The molecular weight excluding hydrogens is 318 g/mol. The number of methoxy groups -OCH3 is 1. The number of hydrogen-bond acceptors (Lipinski definition) is 4. The summed E-state index contributed by atoms with van der Waals surface area (Å²) in [4.78, 5) is 26.6. The lowest BCUT2D eigenvalue weighted by Gasteiger charge is -2.14. The number of rotatable bonds is 4. The Hall–Kier alpha value is -3.08. The molecule has 0 bridgehead atoms. The minimum atomic E-state index is -0.749. The molecule has 0 aliphatic heterocycles. The third kappa shape index (κ3) is 3.26. The molecule has 0 spiro atoms. The van der Waals surface area contributed by atoms with Crippen LogP contribution < -0.4 is 10.3 Å². The Morgan fingerprint density at radius 3 is 2.56 bits per heavy atom. The van der Waals surface area contributed by atoms with E-state index in [-0.39, 0.29) is 5.56 Å². The molecular formula is C20H19NO4. The van der Waals surface area contributed by atoms with Crippen LogP contribution in [0.2, 0.25) is 0 Å². The van der Waals surface area contributed by atoms with E-state index in [0.29, 0.717) is 11.1 Å². The van der Waals surface area contributed by atoms with Gasteiger partial charge in [-0.15, -0.1) is 0 Å². The van der Waals surface area contributed by atoms with Crippen LogP contribution in [-0.4, -0.2) is 24.2 Å². The van der Waals surface area contributed by atoms with Crippen molar-refractivity contribution in [2.75, 3.05) is 7.11 Å². The Kier molecular flexibility index (Phi) is 4.57. The lowest BCUT2D eigenvalue weighted by atomic mass is 9.97. The van der Waals surface area contributed by atoms with Crippen molar-refractivity contribution in [3.8, 4) is 16.9 Å². The molecule has 0 saturated heterocycles. The van der Waals surface area contributed by atoms with Gasteiger partial charge in [-0.25, -0.2) is 4.79 Å². The standard InChI is InChI=1S/C20H19NO4/c1-12-6-4-5-7-15(12)18-11-21-19(22)17-10-14(8-9-16(17)18)25-13(2)20(23)24-3/h4-11,13H,1-3H3,(H,21,22)/t13-/m1/s1. The van der Waals surface area contributed by atoms with Gasteiger partial charge in [0.2, 0.25) is 0 Å². The number of aryl methyl sites for hydroxylation is 1. The Labute approximate surface area is 145 Å². The van der Waals surface area contributed by atoms with Crippen LogP contribution in [-0.2, 0) is 9.53 Å². The lowest BCUT2D eigenvalue weighted by molar-refractivity contribution is -0.147. The largest absolute Gasteiger partial charge is 0.479 e. The third-order valence-corrected chi connectivity index (χ3v) is 4.15. The van der Waals surface area contributed by atoms with Gasteiger partial charge in [0.15, 0.2) is 6.10 Å². The van der Waals surface area contributed by atoms with Crippen molar-refractivity contribution in [3.05, 3.63) is 64.6 Å². The SMILES string of the molecule is COC(=O)[C@@H](C)Oc1ccc2c(-c3ccccc3C)c[nH]c(=O)c2c1. The van der Waals surface area contributed by atoms with E-state index >= 15 is 0 Å². The van der Waals surface area contributed by atoms with Crippen molar-refractivity contribution in [2.45, 2.75) is 20.0 Å². The van der Waals surface area contributed by atoms with E-state index in [1.807, 2.05) is 37.3 Å². The van der Waals surface area contributed by atoms with Gasteiger partial charge >= 0.3 is 5.97 Å². The summed E-state index contributed by atoms with van der Waals surface area (Å²) in [5, 5.41) is 1.34. The predicted octanol–water partition coefficient (Wildman–Crippen LogP) is 3.44. The van der Waals surface area contributed by atoms with Crippen LogP contribution in [0.3, 0.4) is 0 Å². The molecule has 3 rings (SSSR count). The summed E-state index contributed by atoms with van der Waals surface area (Å²) in [7, 11) is 1.31. The highest BCUT2D eigenvalue weighted by atomic mass is 16.6. The second kappa shape index (κ2) is 6.81. The van der Waals surface area contributed by atoms with Gasteiger partial charge < -0.3 is 14.5 Å². The average Bonchev–Trinajstić information content (AvgIpc) is 2.62. The van der Waals surface area contributed by atoms with E-state index < -0.39 is 12.1 Å². The zero-order chi connectivity index (χ0) is 18.0. The molecule has 0 amide bonds. The van der Waals surface area contributed by atoms with Crippen LogP contribution >= 0.6 is 0 Å². The lowest BCUT2D eigenvalue weighted by Crippen LogP contribution is -2.24. The van der Waals surface area contributed by atoms with Crippen molar-refractivity contribution in [1.29, 1.82) is 0 Å². The molecule has 0 aliphatic rings. The fraction of sp³-hybridized carbons (Fsp3) is 0.200. The van der Waals surface area contributed by atoms with E-state index in [0.717, 1.165) is 22.1 Å². The molecule has 1 N–H and O–H groups in total. The second-order valence-corrected chi connectivity index (χ2v) is 5.84. The maximum Gasteiger partial charge on any atom is 0.346 e. The molecule has 1 atom stereocenters. The zero-order valence-corrected chi connectivity index (χ0v) is 14.3. The molecule has 0 unspecified atom stereocenters. The van der Waals surface area contributed by atoms with Gasteiger partial charge in [0, 0.05) is 11.8 Å². The van der Waals surface area contributed by atoms with Crippen molar-refractivity contribution in [2.24, 2.45) is 0 Å². The maximum absolute atomic E-state index is 12.3. The molecule has 5 nitrogen and oxygen atoms in total. The summed E-state index contributed by atoms with van der Waals surface area (Å²) >= 11 is 0. The molecule has 25 heavy (non-hydrogen) atoms. The number of H-pyrrole nitrogens is 1. The van der Waals surface area contributed by atoms with Crippen molar-refractivity contribution in [1.82, 2.24) is 4.98 Å². The fourth-order valence-corrected chi connectivity index (χ4v) is 2.83. The highest BCUT2D eigenvalue weighted by Crippen LogP contribution is 2.30. The first-order valence-corrected chi connectivity index (χ1v) is 7.97. The molecule has 0 radical (unpaired) electrons. The summed E-state index contributed by atoms with van der Waals surface area (Å²) < 4.78 is 10.2. The molecule has 3 aromatic rings. The first kappa shape index (κ1) is 16.8. The normalized spacial score (nSPS) is 12.0. The van der Waals surface area contributed by atoms with Crippen LogP contribution in [0.4, 0.5) is 0 Å². The Morgan fingerprint density at radius 1 is 1.08 bits per heavy atom. The highest BCUT2D eigenvalue weighted by molar-refractivity contribution is 5.97. The quantitative estimate of drug-likeness (QED) is 0.741. The van der Waals surface area contributed by atoms with Gasteiger partial charge in [0.05, 0.1) is 12.5 Å². The predicted molar refractivity (Wildman–Crippen MR) is 96.8 cm³/mol. The Balaban J connectivity index is 2.10. The summed E-state index contributed by atoms with van der Waals surface area (Å²) in [6.07, 6.45) is 0.978. The molecule has 5 heteroatoms. The van der Waals surface area contributed by atoms with Crippen molar-refractivity contribution >= 4 is 16.7 Å².